The van der Waals surface area contributed by atoms with Crippen LogP contribution in [0.15, 0.2) is 72.3 Å². The smallest absolute Gasteiger partial charge is 0.295 e. The summed E-state index contributed by atoms with van der Waals surface area (Å²) in [5, 5.41) is 21.5. The van der Waals surface area contributed by atoms with Gasteiger partial charge in [0, 0.05) is 12.1 Å². The van der Waals surface area contributed by atoms with Gasteiger partial charge in [-0.3, -0.25) is 9.59 Å². The number of carbonyl (C=O) groups is 2. The second kappa shape index (κ2) is 10.2. The number of phenols is 1. The Morgan fingerprint density at radius 3 is 2.42 bits per heavy atom. The highest BCUT2D eigenvalue weighted by Gasteiger charge is 2.46. The summed E-state index contributed by atoms with van der Waals surface area (Å²) in [4.78, 5) is 27.8. The second-order valence-corrected chi connectivity index (χ2v) is 8.99. The lowest BCUT2D eigenvalue weighted by atomic mass is 9.93. The molecule has 0 bridgehead atoms. The van der Waals surface area contributed by atoms with Gasteiger partial charge >= 0.3 is 0 Å². The molecule has 1 aliphatic heterocycles. The fraction of sp³-hybridized carbons (Fsp3) is 0.241. The Kier molecular flexibility index (Phi) is 7.10. The summed E-state index contributed by atoms with van der Waals surface area (Å²) in [5.74, 6) is -1.61. The molecule has 1 fully saturated rings. The maximum Gasteiger partial charge on any atom is 0.295 e. The van der Waals surface area contributed by atoms with Crippen LogP contribution in [-0.2, 0) is 16.1 Å². The second-order valence-electron chi connectivity index (χ2n) is 8.99. The van der Waals surface area contributed by atoms with Gasteiger partial charge in [-0.05, 0) is 72.0 Å². The van der Waals surface area contributed by atoms with Crippen molar-refractivity contribution >= 4 is 17.4 Å². The minimum absolute atomic E-state index is 0.0163. The molecule has 0 radical (unpaired) electrons. The average Bonchev–Trinajstić information content (AvgIpc) is 3.10. The van der Waals surface area contributed by atoms with Gasteiger partial charge in [0.05, 0.1) is 18.2 Å². The Hall–Kier alpha value is -4.13. The number of aromatic hydroxyl groups is 1. The molecule has 1 heterocycles. The van der Waals surface area contributed by atoms with E-state index in [9.17, 15) is 24.2 Å². The fourth-order valence-electron chi connectivity index (χ4n) is 4.46. The number of Topliss-reactive ketones (excluding diaryl/α,β-unsaturated/α-hetero) is 1. The first-order valence-corrected chi connectivity index (χ1v) is 11.8. The van der Waals surface area contributed by atoms with E-state index < -0.39 is 23.5 Å². The molecule has 2 N–H and O–H groups in total. The molecule has 6 nitrogen and oxygen atoms in total. The monoisotopic (exact) mass is 489 g/mol. The van der Waals surface area contributed by atoms with Crippen LogP contribution in [0.3, 0.4) is 0 Å². The fourth-order valence-corrected chi connectivity index (χ4v) is 4.46. The number of amides is 1. The first-order chi connectivity index (χ1) is 17.2. The quantitative estimate of drug-likeness (QED) is 0.254. The number of aliphatic hydroxyl groups is 1. The molecule has 186 valence electrons. The molecule has 0 aromatic heterocycles. The van der Waals surface area contributed by atoms with Crippen LogP contribution in [0.1, 0.15) is 55.0 Å². The van der Waals surface area contributed by atoms with E-state index in [1.165, 1.54) is 41.3 Å². The van der Waals surface area contributed by atoms with Gasteiger partial charge in [-0.15, -0.1) is 0 Å². The van der Waals surface area contributed by atoms with Crippen LogP contribution < -0.4 is 4.74 Å². The van der Waals surface area contributed by atoms with E-state index in [-0.39, 0.29) is 29.5 Å². The SMILES string of the molecule is CCOc1ccc(/C(O)=C2/C(=O)C(=O)N(Cc3ccc(F)cc3)C2c2cccc(O)c2)cc1C(C)C. The zero-order valence-corrected chi connectivity index (χ0v) is 20.4. The van der Waals surface area contributed by atoms with Crippen LogP contribution in [0.2, 0.25) is 0 Å². The summed E-state index contributed by atoms with van der Waals surface area (Å²) < 4.78 is 19.1. The van der Waals surface area contributed by atoms with Gasteiger partial charge in [-0.2, -0.15) is 0 Å². The number of ether oxygens (including phenoxy) is 1. The number of nitrogens with zero attached hydrogens (tertiary/aromatic N) is 1. The summed E-state index contributed by atoms with van der Waals surface area (Å²) >= 11 is 0. The lowest BCUT2D eigenvalue weighted by Crippen LogP contribution is -2.29. The summed E-state index contributed by atoms with van der Waals surface area (Å²) in [5.41, 5.74) is 2.24. The van der Waals surface area contributed by atoms with Crippen LogP contribution in [0.4, 0.5) is 4.39 Å². The van der Waals surface area contributed by atoms with Gasteiger partial charge in [-0.1, -0.05) is 38.1 Å². The lowest BCUT2D eigenvalue weighted by molar-refractivity contribution is -0.140. The predicted molar refractivity (Wildman–Crippen MR) is 134 cm³/mol. The summed E-state index contributed by atoms with van der Waals surface area (Å²) in [6.45, 7) is 6.38. The number of carbonyl (C=O) groups excluding carboxylic acids is 2. The number of halogens is 1. The number of likely N-dealkylation sites (tertiary alicyclic amines) is 1. The van der Waals surface area contributed by atoms with Crippen molar-refractivity contribution < 1.29 is 28.9 Å². The molecule has 0 saturated carbocycles. The highest BCUT2D eigenvalue weighted by Crippen LogP contribution is 2.41. The molecule has 0 aliphatic carbocycles. The van der Waals surface area contributed by atoms with Crippen molar-refractivity contribution in [1.29, 1.82) is 0 Å². The Balaban J connectivity index is 1.86. The van der Waals surface area contributed by atoms with Gasteiger partial charge in [0.2, 0.25) is 0 Å². The van der Waals surface area contributed by atoms with Crippen molar-refractivity contribution in [2.45, 2.75) is 39.3 Å². The summed E-state index contributed by atoms with van der Waals surface area (Å²) in [6.07, 6.45) is 0. The maximum absolute atomic E-state index is 13.4. The van der Waals surface area contributed by atoms with Crippen molar-refractivity contribution in [3.63, 3.8) is 0 Å². The molecular formula is C29H28FNO5. The van der Waals surface area contributed by atoms with E-state index in [0.29, 0.717) is 29.0 Å². The van der Waals surface area contributed by atoms with Gasteiger partial charge < -0.3 is 19.8 Å². The van der Waals surface area contributed by atoms with Gasteiger partial charge in [0.1, 0.15) is 23.1 Å². The van der Waals surface area contributed by atoms with Crippen LogP contribution in [0.5, 0.6) is 11.5 Å². The summed E-state index contributed by atoms with van der Waals surface area (Å²) in [6, 6.07) is 16.1. The molecule has 36 heavy (non-hydrogen) atoms. The zero-order valence-electron chi connectivity index (χ0n) is 20.4. The maximum atomic E-state index is 13.4. The first kappa shape index (κ1) is 25.0. The highest BCUT2D eigenvalue weighted by molar-refractivity contribution is 6.46. The Bertz CT molecular complexity index is 1330. The van der Waals surface area contributed by atoms with Crippen LogP contribution >= 0.6 is 0 Å². The third-order valence-electron chi connectivity index (χ3n) is 6.20. The van der Waals surface area contributed by atoms with Crippen molar-refractivity contribution in [1.82, 2.24) is 4.90 Å². The largest absolute Gasteiger partial charge is 0.508 e. The van der Waals surface area contributed by atoms with E-state index >= 15 is 0 Å². The van der Waals surface area contributed by atoms with Crippen molar-refractivity contribution in [3.05, 3.63) is 100 Å². The van der Waals surface area contributed by atoms with Gasteiger partial charge in [0.25, 0.3) is 11.7 Å². The average molecular weight is 490 g/mol. The van der Waals surface area contributed by atoms with E-state index in [4.69, 9.17) is 4.74 Å². The molecule has 1 saturated heterocycles. The van der Waals surface area contributed by atoms with E-state index in [0.717, 1.165) is 5.56 Å². The molecule has 1 aliphatic rings. The number of hydrogen-bond acceptors (Lipinski definition) is 5. The molecule has 3 aromatic rings. The van der Waals surface area contributed by atoms with Gasteiger partial charge in [-0.25, -0.2) is 4.39 Å². The molecule has 3 aromatic carbocycles. The zero-order chi connectivity index (χ0) is 26.0. The van der Waals surface area contributed by atoms with E-state index in [1.54, 1.807) is 30.3 Å². The van der Waals surface area contributed by atoms with Crippen molar-refractivity contribution in [3.8, 4) is 11.5 Å². The molecule has 0 spiro atoms. The van der Waals surface area contributed by atoms with Crippen molar-refractivity contribution in [2.75, 3.05) is 6.61 Å². The minimum Gasteiger partial charge on any atom is -0.508 e. The third kappa shape index (κ3) is 4.82. The van der Waals surface area contributed by atoms with Gasteiger partial charge in [0.15, 0.2) is 0 Å². The number of phenolic OH excluding ortho intramolecular Hbond substituents is 1. The van der Waals surface area contributed by atoms with Crippen LogP contribution in [0, 0.1) is 5.82 Å². The Labute approximate surface area is 209 Å². The normalized spacial score (nSPS) is 17.1. The first-order valence-electron chi connectivity index (χ1n) is 11.8. The van der Waals surface area contributed by atoms with Crippen molar-refractivity contribution in [2.24, 2.45) is 0 Å². The number of ketones is 1. The van der Waals surface area contributed by atoms with E-state index in [2.05, 4.69) is 0 Å². The molecule has 1 unspecified atom stereocenters. The number of hydrogen-bond donors (Lipinski definition) is 2. The predicted octanol–water partition coefficient (Wildman–Crippen LogP) is 5.68. The number of aliphatic hydroxyl groups excluding tert-OH is 1. The highest BCUT2D eigenvalue weighted by atomic mass is 19.1. The third-order valence-corrected chi connectivity index (χ3v) is 6.20. The molecule has 1 amide bonds. The number of rotatable bonds is 7. The molecule has 1 atom stereocenters. The minimum atomic E-state index is -0.948. The van der Waals surface area contributed by atoms with Crippen LogP contribution in [-0.4, -0.2) is 33.4 Å². The topological polar surface area (TPSA) is 87.1 Å². The molecular weight excluding hydrogens is 461 g/mol. The Morgan fingerprint density at radius 2 is 1.78 bits per heavy atom. The van der Waals surface area contributed by atoms with E-state index in [1.807, 2.05) is 20.8 Å². The van der Waals surface area contributed by atoms with Crippen LogP contribution in [0.25, 0.3) is 5.76 Å². The lowest BCUT2D eigenvalue weighted by Gasteiger charge is -2.25. The number of benzene rings is 3. The Morgan fingerprint density at radius 1 is 1.06 bits per heavy atom. The summed E-state index contributed by atoms with van der Waals surface area (Å²) in [7, 11) is 0. The molecule has 4 rings (SSSR count). The molecule has 7 heteroatoms. The standard InChI is InChI=1S/C29H28FNO5/c1-4-36-24-13-10-20(15-23(24)17(2)3)27(33)25-26(19-6-5-7-22(32)14-19)31(29(35)28(25)34)16-18-8-11-21(30)12-9-18/h5-15,17,26,32-33H,4,16H2,1-3H3/b27-25-.